The van der Waals surface area contributed by atoms with Gasteiger partial charge in [-0.25, -0.2) is 17.9 Å². The molecule has 0 aliphatic rings. The van der Waals surface area contributed by atoms with E-state index in [9.17, 15) is 13.2 Å². The molecule has 0 heterocycles. The van der Waals surface area contributed by atoms with Gasteiger partial charge in [0.2, 0.25) is 10.0 Å². The van der Waals surface area contributed by atoms with Crippen molar-refractivity contribution in [3.05, 3.63) is 59.2 Å². The van der Waals surface area contributed by atoms with Gasteiger partial charge in [-0.15, -0.1) is 0 Å². The first-order chi connectivity index (χ1) is 13.3. The minimum atomic E-state index is -3.71. The molecule has 2 aromatic rings. The number of aryl methyl sites for hydroxylation is 2. The Kier molecular flexibility index (Phi) is 7.55. The zero-order chi connectivity index (χ0) is 20.6. The highest BCUT2D eigenvalue weighted by Gasteiger charge is 2.15. The van der Waals surface area contributed by atoms with Crippen molar-refractivity contribution in [1.82, 2.24) is 4.72 Å². The van der Waals surface area contributed by atoms with Gasteiger partial charge in [0, 0.05) is 13.0 Å². The highest BCUT2D eigenvalue weighted by atomic mass is 32.2. The summed E-state index contributed by atoms with van der Waals surface area (Å²) in [4.78, 5) is 12.1. The van der Waals surface area contributed by atoms with Crippen LogP contribution in [-0.2, 0) is 14.8 Å². The van der Waals surface area contributed by atoms with Crippen molar-refractivity contribution in [2.75, 3.05) is 19.8 Å². The van der Waals surface area contributed by atoms with Crippen molar-refractivity contribution in [3.8, 4) is 11.8 Å². The minimum absolute atomic E-state index is 0.0140. The van der Waals surface area contributed by atoms with Gasteiger partial charge >= 0.3 is 5.97 Å². The van der Waals surface area contributed by atoms with Gasteiger partial charge in [-0.05, 0) is 61.4 Å². The zero-order valence-electron chi connectivity index (χ0n) is 15.8. The third-order valence-corrected chi connectivity index (χ3v) is 5.19. The second-order valence-electron chi connectivity index (χ2n) is 6.14. The molecule has 0 bridgehead atoms. The highest BCUT2D eigenvalue weighted by molar-refractivity contribution is 7.89. The fourth-order valence-corrected chi connectivity index (χ4v) is 3.52. The number of carbonyl (C=O) groups is 1. The largest absolute Gasteiger partial charge is 0.490 e. The van der Waals surface area contributed by atoms with Gasteiger partial charge in [-0.2, -0.15) is 5.26 Å². The Morgan fingerprint density at radius 1 is 1.07 bits per heavy atom. The van der Waals surface area contributed by atoms with Gasteiger partial charge < -0.3 is 9.47 Å². The molecule has 28 heavy (non-hydrogen) atoms. The molecular formula is C20H22N2O5S. The maximum atomic E-state index is 12.1. The molecule has 0 saturated heterocycles. The molecule has 0 aromatic heterocycles. The molecule has 7 nitrogen and oxygen atoms in total. The van der Waals surface area contributed by atoms with Crippen LogP contribution in [-0.4, -0.2) is 34.1 Å². The number of benzene rings is 2. The van der Waals surface area contributed by atoms with Gasteiger partial charge in [0.1, 0.15) is 19.0 Å². The number of nitriles is 1. The van der Waals surface area contributed by atoms with E-state index in [1.165, 1.54) is 24.3 Å². The van der Waals surface area contributed by atoms with Gasteiger partial charge in [-0.1, -0.05) is 6.07 Å². The number of hydrogen-bond donors (Lipinski definition) is 1. The summed E-state index contributed by atoms with van der Waals surface area (Å²) >= 11 is 0. The van der Waals surface area contributed by atoms with Crippen molar-refractivity contribution in [1.29, 1.82) is 5.26 Å². The third-order valence-electron chi connectivity index (χ3n) is 3.71. The Morgan fingerprint density at radius 3 is 2.32 bits per heavy atom. The zero-order valence-corrected chi connectivity index (χ0v) is 16.6. The Balaban J connectivity index is 1.85. The van der Waals surface area contributed by atoms with Crippen LogP contribution in [0.15, 0.2) is 47.4 Å². The first-order valence-electron chi connectivity index (χ1n) is 8.67. The van der Waals surface area contributed by atoms with Crippen molar-refractivity contribution in [3.63, 3.8) is 0 Å². The van der Waals surface area contributed by atoms with Crippen LogP contribution < -0.4 is 9.46 Å². The maximum absolute atomic E-state index is 12.1. The maximum Gasteiger partial charge on any atom is 0.338 e. The van der Waals surface area contributed by atoms with Crippen LogP contribution >= 0.6 is 0 Å². The summed E-state index contributed by atoms with van der Waals surface area (Å²) in [5.74, 6) is 0.150. The quantitative estimate of drug-likeness (QED) is 0.511. The van der Waals surface area contributed by atoms with Crippen molar-refractivity contribution >= 4 is 16.0 Å². The van der Waals surface area contributed by atoms with Crippen LogP contribution in [0.25, 0.3) is 0 Å². The molecule has 0 aliphatic heterocycles. The first-order valence-corrected chi connectivity index (χ1v) is 10.1. The van der Waals surface area contributed by atoms with E-state index in [0.29, 0.717) is 5.75 Å². The average molecular weight is 402 g/mol. The van der Waals surface area contributed by atoms with E-state index in [4.69, 9.17) is 14.7 Å². The number of nitrogens with one attached hydrogen (secondary N) is 1. The average Bonchev–Trinajstić information content (AvgIpc) is 2.64. The number of carbonyl (C=O) groups excluding carboxylic acids is 1. The molecule has 0 radical (unpaired) electrons. The number of hydrogen-bond acceptors (Lipinski definition) is 6. The molecule has 0 aliphatic carbocycles. The molecule has 0 fully saturated rings. The number of ether oxygens (including phenoxy) is 2. The van der Waals surface area contributed by atoms with E-state index < -0.39 is 16.0 Å². The smallest absolute Gasteiger partial charge is 0.338 e. The number of esters is 1. The monoisotopic (exact) mass is 402 g/mol. The lowest BCUT2D eigenvalue weighted by atomic mass is 10.1. The standard InChI is InChI=1S/C20H22N2O5S/c1-15-12-16(2)14-18(13-15)26-10-11-27-20(23)17-4-6-19(7-5-17)28(24,25)22-9-3-8-21/h4-7,12-14,22H,3,9-11H2,1-2H3. The van der Waals surface area contributed by atoms with Crippen molar-refractivity contribution in [2.45, 2.75) is 25.2 Å². The normalized spacial score (nSPS) is 10.9. The molecular weight excluding hydrogens is 380 g/mol. The molecule has 148 valence electrons. The summed E-state index contributed by atoms with van der Waals surface area (Å²) in [6.45, 7) is 4.26. The van der Waals surface area contributed by atoms with E-state index in [-0.39, 0.29) is 36.6 Å². The second kappa shape index (κ2) is 9.88. The molecule has 0 saturated carbocycles. The molecule has 2 rings (SSSR count). The van der Waals surface area contributed by atoms with E-state index in [1.54, 1.807) is 0 Å². The Labute approximate surface area is 164 Å². The third kappa shape index (κ3) is 6.37. The highest BCUT2D eigenvalue weighted by Crippen LogP contribution is 2.16. The van der Waals surface area contributed by atoms with E-state index in [1.807, 2.05) is 38.1 Å². The predicted molar refractivity (Wildman–Crippen MR) is 104 cm³/mol. The number of sulfonamides is 1. The SMILES string of the molecule is Cc1cc(C)cc(OCCOC(=O)c2ccc(S(=O)(=O)NCCC#N)cc2)c1. The van der Waals surface area contributed by atoms with Gasteiger partial charge in [0.05, 0.1) is 16.5 Å². The Bertz CT molecular complexity index is 943. The molecule has 0 amide bonds. The molecule has 8 heteroatoms. The summed E-state index contributed by atoms with van der Waals surface area (Å²) in [6, 6.07) is 13.1. The lowest BCUT2D eigenvalue weighted by Crippen LogP contribution is -2.24. The van der Waals surface area contributed by atoms with Crippen molar-refractivity contribution in [2.24, 2.45) is 0 Å². The van der Waals surface area contributed by atoms with E-state index in [2.05, 4.69) is 4.72 Å². The molecule has 1 N–H and O–H groups in total. The van der Waals surface area contributed by atoms with Crippen molar-refractivity contribution < 1.29 is 22.7 Å². The van der Waals surface area contributed by atoms with Gasteiger partial charge in [0.25, 0.3) is 0 Å². The molecule has 2 aromatic carbocycles. The fraction of sp³-hybridized carbons (Fsp3) is 0.300. The number of nitrogens with zero attached hydrogens (tertiary/aromatic N) is 1. The lowest BCUT2D eigenvalue weighted by molar-refractivity contribution is 0.0450. The van der Waals surface area contributed by atoms with Crippen LogP contribution in [0.2, 0.25) is 0 Å². The molecule has 0 atom stereocenters. The summed E-state index contributed by atoms with van der Waals surface area (Å²) in [5.41, 5.74) is 2.41. The summed E-state index contributed by atoms with van der Waals surface area (Å²) in [5, 5.41) is 8.46. The molecule has 0 spiro atoms. The summed E-state index contributed by atoms with van der Waals surface area (Å²) < 4.78 is 37.1. The van der Waals surface area contributed by atoms with Crippen LogP contribution in [0.5, 0.6) is 5.75 Å². The first kappa shape index (κ1) is 21.4. The van der Waals surface area contributed by atoms with E-state index >= 15 is 0 Å². The summed E-state index contributed by atoms with van der Waals surface area (Å²) in [6.07, 6.45) is 0.0772. The minimum Gasteiger partial charge on any atom is -0.490 e. The predicted octanol–water partition coefficient (Wildman–Crippen LogP) is 2.73. The second-order valence-corrected chi connectivity index (χ2v) is 7.91. The van der Waals surface area contributed by atoms with E-state index in [0.717, 1.165) is 11.1 Å². The van der Waals surface area contributed by atoms with Gasteiger partial charge in [0.15, 0.2) is 0 Å². The number of rotatable bonds is 9. The fourth-order valence-electron chi connectivity index (χ4n) is 2.49. The van der Waals surface area contributed by atoms with Crippen LogP contribution in [0.1, 0.15) is 27.9 Å². The summed E-state index contributed by atoms with van der Waals surface area (Å²) in [7, 11) is -3.71. The van der Waals surface area contributed by atoms with Crippen LogP contribution in [0.3, 0.4) is 0 Å². The van der Waals surface area contributed by atoms with Crippen LogP contribution in [0, 0.1) is 25.2 Å². The lowest BCUT2D eigenvalue weighted by Gasteiger charge is -2.09. The Morgan fingerprint density at radius 2 is 1.71 bits per heavy atom. The topological polar surface area (TPSA) is 105 Å². The molecule has 0 unspecified atom stereocenters. The van der Waals surface area contributed by atoms with Crippen LogP contribution in [0.4, 0.5) is 0 Å². The Hall–Kier alpha value is -2.89. The van der Waals surface area contributed by atoms with Gasteiger partial charge in [-0.3, -0.25) is 0 Å².